The van der Waals surface area contributed by atoms with E-state index in [-0.39, 0.29) is 34.9 Å². The number of hydrogen-bond donors (Lipinski definition) is 1. The summed E-state index contributed by atoms with van der Waals surface area (Å²) in [7, 11) is 0. The molecule has 3 aromatic rings. The van der Waals surface area contributed by atoms with E-state index >= 15 is 0 Å². The second-order valence-corrected chi connectivity index (χ2v) is 7.82. The molecule has 1 aromatic heterocycles. The van der Waals surface area contributed by atoms with Crippen LogP contribution in [0.1, 0.15) is 45.2 Å². The number of carbonyl (C=O) groups is 2. The number of amides is 2. The molecule has 30 heavy (non-hydrogen) atoms. The Morgan fingerprint density at radius 1 is 1.03 bits per heavy atom. The molecule has 0 saturated carbocycles. The first-order valence-corrected chi connectivity index (χ1v) is 9.97. The van der Waals surface area contributed by atoms with Crippen molar-refractivity contribution in [3.63, 3.8) is 0 Å². The maximum absolute atomic E-state index is 13.4. The molecule has 0 aliphatic carbocycles. The number of likely N-dealkylation sites (tertiary alicyclic amines) is 1. The molecule has 2 amide bonds. The summed E-state index contributed by atoms with van der Waals surface area (Å²) in [5.74, 6) is -0.811. The highest BCUT2D eigenvalue weighted by atomic mass is 19.1. The van der Waals surface area contributed by atoms with E-state index in [4.69, 9.17) is 4.52 Å². The highest BCUT2D eigenvalue weighted by Gasteiger charge is 2.36. The smallest absolute Gasteiger partial charge is 0.261 e. The van der Waals surface area contributed by atoms with Crippen molar-refractivity contribution in [2.75, 3.05) is 26.2 Å². The molecule has 8 heteroatoms. The number of aromatic nitrogens is 1. The van der Waals surface area contributed by atoms with Crippen molar-refractivity contribution in [3.05, 3.63) is 59.0 Å². The van der Waals surface area contributed by atoms with Crippen LogP contribution in [0, 0.1) is 5.82 Å². The van der Waals surface area contributed by atoms with Crippen molar-refractivity contribution in [2.45, 2.75) is 18.8 Å². The van der Waals surface area contributed by atoms with Crippen LogP contribution in [0.4, 0.5) is 4.39 Å². The predicted molar refractivity (Wildman–Crippen MR) is 106 cm³/mol. The fourth-order valence-corrected chi connectivity index (χ4v) is 4.38. The Morgan fingerprint density at radius 2 is 1.80 bits per heavy atom. The Morgan fingerprint density at radius 3 is 2.60 bits per heavy atom. The molecule has 7 nitrogen and oxygen atoms in total. The summed E-state index contributed by atoms with van der Waals surface area (Å²) in [5.41, 5.74) is 1.92. The van der Waals surface area contributed by atoms with Crippen molar-refractivity contribution in [3.8, 4) is 5.75 Å². The largest absolute Gasteiger partial charge is 0.508 e. The lowest BCUT2D eigenvalue weighted by molar-refractivity contribution is 0.0629. The van der Waals surface area contributed by atoms with E-state index in [0.717, 1.165) is 37.0 Å². The van der Waals surface area contributed by atoms with Gasteiger partial charge in [0.2, 0.25) is 0 Å². The van der Waals surface area contributed by atoms with E-state index in [2.05, 4.69) is 10.1 Å². The van der Waals surface area contributed by atoms with E-state index in [1.807, 2.05) is 0 Å². The Balaban J connectivity index is 1.20. The summed E-state index contributed by atoms with van der Waals surface area (Å²) in [4.78, 5) is 28.5. The highest BCUT2D eigenvalue weighted by Crippen LogP contribution is 2.33. The monoisotopic (exact) mass is 409 g/mol. The average molecular weight is 409 g/mol. The van der Waals surface area contributed by atoms with Gasteiger partial charge in [-0.15, -0.1) is 0 Å². The van der Waals surface area contributed by atoms with Gasteiger partial charge in [0.15, 0.2) is 5.58 Å². The molecule has 0 radical (unpaired) electrons. The number of imide groups is 1. The minimum absolute atomic E-state index is 0.0260. The summed E-state index contributed by atoms with van der Waals surface area (Å²) >= 11 is 0. The maximum Gasteiger partial charge on any atom is 0.261 e. The molecule has 1 N–H and O–H groups in total. The normalized spacial score (nSPS) is 17.8. The Kier molecular flexibility index (Phi) is 4.51. The van der Waals surface area contributed by atoms with Gasteiger partial charge in [0.05, 0.1) is 16.8 Å². The number of phenols is 1. The first-order chi connectivity index (χ1) is 14.5. The quantitative estimate of drug-likeness (QED) is 0.666. The maximum atomic E-state index is 13.4. The summed E-state index contributed by atoms with van der Waals surface area (Å²) in [6.07, 6.45) is 1.74. The van der Waals surface area contributed by atoms with Gasteiger partial charge < -0.3 is 14.5 Å². The van der Waals surface area contributed by atoms with Gasteiger partial charge >= 0.3 is 0 Å². The molecule has 2 aromatic carbocycles. The lowest BCUT2D eigenvalue weighted by atomic mass is 9.91. The summed E-state index contributed by atoms with van der Waals surface area (Å²) in [6, 6.07) is 8.73. The molecule has 5 rings (SSSR count). The summed E-state index contributed by atoms with van der Waals surface area (Å²) < 4.78 is 18.6. The first-order valence-electron chi connectivity index (χ1n) is 9.97. The van der Waals surface area contributed by atoms with Gasteiger partial charge in [-0.05, 0) is 56.3 Å². The Labute approximate surface area is 171 Å². The van der Waals surface area contributed by atoms with E-state index in [9.17, 15) is 19.1 Å². The van der Waals surface area contributed by atoms with Gasteiger partial charge in [-0.25, -0.2) is 4.39 Å². The van der Waals surface area contributed by atoms with Crippen molar-refractivity contribution in [2.24, 2.45) is 0 Å². The molecule has 2 aliphatic rings. The number of piperidine rings is 1. The lowest BCUT2D eigenvalue weighted by Gasteiger charge is -2.32. The minimum Gasteiger partial charge on any atom is -0.508 e. The SMILES string of the molecule is O=C1c2ccc(O)cc2C(=O)N1CCN1CCC(c2noc3cc(F)ccc23)CC1. The standard InChI is InChI=1S/C22H20FN3O4/c23-14-1-3-17-19(11-14)30-24-20(17)13-5-7-25(8-6-13)9-10-26-21(28)16-4-2-15(27)12-18(16)22(26)29/h1-4,11-13,27H,5-10H2. The lowest BCUT2D eigenvalue weighted by Crippen LogP contribution is -2.41. The second kappa shape index (κ2) is 7.21. The molecule has 0 atom stereocenters. The Bertz CT molecular complexity index is 1150. The molecule has 154 valence electrons. The first kappa shape index (κ1) is 18.7. The number of benzene rings is 2. The molecule has 1 fully saturated rings. The van der Waals surface area contributed by atoms with E-state index in [1.54, 1.807) is 6.07 Å². The third kappa shape index (κ3) is 3.13. The number of carbonyl (C=O) groups excluding carboxylic acids is 2. The number of fused-ring (bicyclic) bond motifs is 2. The van der Waals surface area contributed by atoms with Gasteiger partial charge in [0, 0.05) is 30.5 Å². The van der Waals surface area contributed by atoms with Gasteiger partial charge in [-0.3, -0.25) is 14.5 Å². The zero-order chi connectivity index (χ0) is 20.8. The average Bonchev–Trinajstić information content (AvgIpc) is 3.26. The third-order valence-corrected chi connectivity index (χ3v) is 6.03. The predicted octanol–water partition coefficient (Wildman–Crippen LogP) is 3.15. The van der Waals surface area contributed by atoms with Gasteiger partial charge in [-0.1, -0.05) is 5.16 Å². The molecule has 0 bridgehead atoms. The number of halogens is 1. The molecule has 3 heterocycles. The van der Waals surface area contributed by atoms with Crippen LogP contribution in [-0.4, -0.2) is 58.1 Å². The zero-order valence-electron chi connectivity index (χ0n) is 16.2. The van der Waals surface area contributed by atoms with Crippen molar-refractivity contribution < 1.29 is 23.6 Å². The molecule has 0 spiro atoms. The van der Waals surface area contributed by atoms with E-state index < -0.39 is 0 Å². The minimum atomic E-state index is -0.359. The molecular weight excluding hydrogens is 389 g/mol. The van der Waals surface area contributed by atoms with Gasteiger partial charge in [0.1, 0.15) is 11.6 Å². The number of rotatable bonds is 4. The Hall–Kier alpha value is -3.26. The molecule has 2 aliphatic heterocycles. The van der Waals surface area contributed by atoms with Crippen LogP contribution in [-0.2, 0) is 0 Å². The fraction of sp³-hybridized carbons (Fsp3) is 0.318. The molecular formula is C22H20FN3O4. The zero-order valence-corrected chi connectivity index (χ0v) is 16.2. The van der Waals surface area contributed by atoms with Gasteiger partial charge in [-0.2, -0.15) is 0 Å². The van der Waals surface area contributed by atoms with Crippen molar-refractivity contribution >= 4 is 22.8 Å². The summed E-state index contributed by atoms with van der Waals surface area (Å²) in [5, 5.41) is 14.6. The topological polar surface area (TPSA) is 86.9 Å². The number of aromatic hydroxyl groups is 1. The summed E-state index contributed by atoms with van der Waals surface area (Å²) in [6.45, 7) is 2.52. The van der Waals surface area contributed by atoms with Crippen LogP contribution >= 0.6 is 0 Å². The van der Waals surface area contributed by atoms with Crippen LogP contribution in [0.25, 0.3) is 11.0 Å². The van der Waals surface area contributed by atoms with Crippen LogP contribution in [0.5, 0.6) is 5.75 Å². The number of phenolic OH excluding ortho intramolecular Hbond substituents is 1. The highest BCUT2D eigenvalue weighted by molar-refractivity contribution is 6.21. The van der Waals surface area contributed by atoms with Gasteiger partial charge in [0.25, 0.3) is 11.8 Å². The van der Waals surface area contributed by atoms with Crippen LogP contribution < -0.4 is 0 Å². The number of hydrogen-bond acceptors (Lipinski definition) is 6. The van der Waals surface area contributed by atoms with Crippen molar-refractivity contribution in [1.82, 2.24) is 15.0 Å². The second-order valence-electron chi connectivity index (χ2n) is 7.82. The molecule has 0 unspecified atom stereocenters. The van der Waals surface area contributed by atoms with Crippen LogP contribution in [0.2, 0.25) is 0 Å². The van der Waals surface area contributed by atoms with Crippen LogP contribution in [0.3, 0.4) is 0 Å². The van der Waals surface area contributed by atoms with E-state index in [0.29, 0.717) is 24.2 Å². The van der Waals surface area contributed by atoms with Crippen molar-refractivity contribution in [1.29, 1.82) is 0 Å². The van der Waals surface area contributed by atoms with Crippen LogP contribution in [0.15, 0.2) is 40.9 Å². The number of nitrogens with zero attached hydrogens (tertiary/aromatic N) is 3. The fourth-order valence-electron chi connectivity index (χ4n) is 4.38. The molecule has 1 saturated heterocycles. The third-order valence-electron chi connectivity index (χ3n) is 6.03. The van der Waals surface area contributed by atoms with E-state index in [1.165, 1.54) is 35.2 Å².